The molecule has 1 aromatic rings. The van der Waals surface area contributed by atoms with Gasteiger partial charge >= 0.3 is 8.60 Å². The van der Waals surface area contributed by atoms with Crippen LogP contribution in [0.2, 0.25) is 0 Å². The third kappa shape index (κ3) is 4.43. The van der Waals surface area contributed by atoms with Crippen molar-refractivity contribution in [1.82, 2.24) is 4.90 Å². The predicted octanol–water partition coefficient (Wildman–Crippen LogP) is 1.97. The maximum absolute atomic E-state index is 12.1. The zero-order valence-corrected chi connectivity index (χ0v) is 14.5. The topological polar surface area (TPSA) is 114 Å². The molecule has 2 aliphatic rings. The first-order valence-electron chi connectivity index (χ1n) is 7.63. The van der Waals surface area contributed by atoms with Gasteiger partial charge in [-0.1, -0.05) is 0 Å². The van der Waals surface area contributed by atoms with Gasteiger partial charge in [0.15, 0.2) is 0 Å². The van der Waals surface area contributed by atoms with Crippen molar-refractivity contribution in [2.75, 3.05) is 6.54 Å². The molecule has 0 radical (unpaired) electrons. The van der Waals surface area contributed by atoms with Crippen LogP contribution in [0.5, 0.6) is 5.75 Å². The summed E-state index contributed by atoms with van der Waals surface area (Å²) in [6, 6.07) is 7.66. The molecular weight excluding hydrogens is 331 g/mol. The van der Waals surface area contributed by atoms with Crippen molar-refractivity contribution in [2.45, 2.75) is 44.8 Å². The minimum atomic E-state index is -2.62. The summed E-state index contributed by atoms with van der Waals surface area (Å²) in [5, 5.41) is 9.07. The molecule has 24 heavy (non-hydrogen) atoms. The number of benzene rings is 1. The fourth-order valence-corrected chi connectivity index (χ4v) is 3.16. The molecule has 0 aromatic heterocycles. The van der Waals surface area contributed by atoms with Gasteiger partial charge < -0.3 is 24.3 Å². The van der Waals surface area contributed by atoms with Crippen molar-refractivity contribution in [3.63, 3.8) is 0 Å². The van der Waals surface area contributed by atoms with Crippen LogP contribution in [0.15, 0.2) is 18.2 Å². The van der Waals surface area contributed by atoms with Crippen LogP contribution >= 0.6 is 8.60 Å². The first-order valence-corrected chi connectivity index (χ1v) is 8.83. The molecule has 0 aliphatic carbocycles. The van der Waals surface area contributed by atoms with Gasteiger partial charge in [-0.05, 0) is 38.5 Å². The van der Waals surface area contributed by atoms with Crippen LogP contribution in [-0.4, -0.2) is 37.6 Å². The predicted molar refractivity (Wildman–Crippen MR) is 87.7 cm³/mol. The van der Waals surface area contributed by atoms with Crippen LogP contribution in [-0.2, 0) is 4.79 Å². The van der Waals surface area contributed by atoms with E-state index < -0.39 is 8.60 Å². The Bertz CT molecular complexity index is 654. The van der Waals surface area contributed by atoms with E-state index in [2.05, 4.69) is 6.07 Å². The SMILES string of the molecule is CC1(C)CC(N2CCCC2=O)c2cc(C#N)ccc2O1.OP(O)O. The van der Waals surface area contributed by atoms with Gasteiger partial charge in [-0.15, -0.1) is 0 Å². The lowest BCUT2D eigenvalue weighted by molar-refractivity contribution is -0.131. The Hall–Kier alpha value is -1.71. The Balaban J connectivity index is 0.000000471. The number of nitriles is 1. The average Bonchev–Trinajstić information content (AvgIpc) is 2.90. The summed E-state index contributed by atoms with van der Waals surface area (Å²) in [6.45, 7) is 4.89. The average molecular weight is 352 g/mol. The molecule has 1 unspecified atom stereocenters. The van der Waals surface area contributed by atoms with Crippen molar-refractivity contribution in [1.29, 1.82) is 5.26 Å². The lowest BCUT2D eigenvalue weighted by atomic mass is 9.88. The van der Waals surface area contributed by atoms with Crippen molar-refractivity contribution in [3.05, 3.63) is 29.3 Å². The number of fused-ring (bicyclic) bond motifs is 1. The Morgan fingerprint density at radius 3 is 2.58 bits per heavy atom. The zero-order chi connectivity index (χ0) is 17.9. The third-order valence-electron chi connectivity index (χ3n) is 4.06. The maximum atomic E-state index is 12.1. The van der Waals surface area contributed by atoms with Crippen molar-refractivity contribution >= 4 is 14.5 Å². The van der Waals surface area contributed by atoms with E-state index in [1.807, 2.05) is 30.9 Å². The van der Waals surface area contributed by atoms with E-state index in [4.69, 9.17) is 24.7 Å². The number of carbonyl (C=O) groups excluding carboxylic acids is 1. The largest absolute Gasteiger partial charge is 0.487 e. The molecule has 3 rings (SSSR count). The van der Waals surface area contributed by atoms with Crippen molar-refractivity contribution in [3.8, 4) is 11.8 Å². The summed E-state index contributed by atoms with van der Waals surface area (Å²) in [4.78, 5) is 35.7. The highest BCUT2D eigenvalue weighted by atomic mass is 31.2. The summed E-state index contributed by atoms with van der Waals surface area (Å²) >= 11 is 0. The summed E-state index contributed by atoms with van der Waals surface area (Å²) in [7, 11) is -2.62. The van der Waals surface area contributed by atoms with Crippen LogP contribution in [0, 0.1) is 11.3 Å². The Kier molecular flexibility index (Phi) is 5.79. The molecular formula is C16H21N2O5P. The molecule has 8 heteroatoms. The number of hydrogen-bond acceptors (Lipinski definition) is 6. The molecule has 1 saturated heterocycles. The van der Waals surface area contributed by atoms with E-state index >= 15 is 0 Å². The minimum absolute atomic E-state index is 0.0250. The molecule has 0 saturated carbocycles. The molecule has 1 fully saturated rings. The highest BCUT2D eigenvalue weighted by molar-refractivity contribution is 7.38. The fourth-order valence-electron chi connectivity index (χ4n) is 3.16. The summed E-state index contributed by atoms with van der Waals surface area (Å²) in [5.74, 6) is 1.01. The van der Waals surface area contributed by atoms with E-state index in [9.17, 15) is 4.79 Å². The Labute approximate surface area is 142 Å². The molecule has 1 aromatic carbocycles. The normalized spacial score (nSPS) is 21.5. The fraction of sp³-hybridized carbons (Fsp3) is 0.500. The number of carbonyl (C=O) groups is 1. The van der Waals surface area contributed by atoms with E-state index in [1.54, 1.807) is 6.07 Å². The lowest BCUT2D eigenvalue weighted by Crippen LogP contribution is -2.42. The number of rotatable bonds is 1. The first kappa shape index (κ1) is 18.6. The van der Waals surface area contributed by atoms with Gasteiger partial charge in [-0.2, -0.15) is 5.26 Å². The number of ether oxygens (including phenoxy) is 1. The van der Waals surface area contributed by atoms with Gasteiger partial charge in [0.25, 0.3) is 0 Å². The number of nitrogens with zero attached hydrogens (tertiary/aromatic N) is 2. The van der Waals surface area contributed by atoms with E-state index in [0.29, 0.717) is 12.0 Å². The van der Waals surface area contributed by atoms with E-state index in [0.717, 1.165) is 30.7 Å². The van der Waals surface area contributed by atoms with Crippen molar-refractivity contribution < 1.29 is 24.2 Å². The number of amides is 1. The van der Waals surface area contributed by atoms with Gasteiger partial charge in [-0.3, -0.25) is 4.79 Å². The molecule has 0 bridgehead atoms. The summed E-state index contributed by atoms with van der Waals surface area (Å²) in [6.07, 6.45) is 2.32. The first-order chi connectivity index (χ1) is 11.2. The standard InChI is InChI=1S/C16H18N2O2.H3O3P/c1-16(2)9-13(18-7-3-4-15(18)19)12-8-11(10-17)5-6-14(12)20-16;1-4(2)3/h5-6,8,13H,3-4,7,9H2,1-2H3;1-3H. The molecule has 0 spiro atoms. The van der Waals surface area contributed by atoms with Crippen LogP contribution in [0.3, 0.4) is 0 Å². The summed E-state index contributed by atoms with van der Waals surface area (Å²) in [5.41, 5.74) is 1.29. The highest BCUT2D eigenvalue weighted by Crippen LogP contribution is 2.44. The molecule has 2 aliphatic heterocycles. The van der Waals surface area contributed by atoms with Crippen LogP contribution in [0.4, 0.5) is 0 Å². The van der Waals surface area contributed by atoms with Crippen LogP contribution in [0.1, 0.15) is 50.3 Å². The Morgan fingerprint density at radius 1 is 1.38 bits per heavy atom. The van der Waals surface area contributed by atoms with Gasteiger partial charge in [0.2, 0.25) is 5.91 Å². The van der Waals surface area contributed by atoms with Gasteiger partial charge in [0.05, 0.1) is 17.7 Å². The second-order valence-corrected chi connectivity index (χ2v) is 6.94. The molecule has 1 atom stereocenters. The van der Waals surface area contributed by atoms with Gasteiger partial charge in [-0.25, -0.2) is 0 Å². The van der Waals surface area contributed by atoms with Gasteiger partial charge in [0.1, 0.15) is 11.4 Å². The highest BCUT2D eigenvalue weighted by Gasteiger charge is 2.39. The van der Waals surface area contributed by atoms with Gasteiger partial charge in [0, 0.05) is 24.9 Å². The monoisotopic (exact) mass is 352 g/mol. The molecule has 3 N–H and O–H groups in total. The molecule has 2 heterocycles. The second-order valence-electron chi connectivity index (χ2n) is 6.41. The molecule has 130 valence electrons. The number of hydrogen-bond donors (Lipinski definition) is 3. The van der Waals surface area contributed by atoms with Crippen molar-refractivity contribution in [2.24, 2.45) is 0 Å². The van der Waals surface area contributed by atoms with Crippen LogP contribution in [0.25, 0.3) is 0 Å². The zero-order valence-electron chi connectivity index (χ0n) is 13.6. The quantitative estimate of drug-likeness (QED) is 0.666. The minimum Gasteiger partial charge on any atom is -0.487 e. The van der Waals surface area contributed by atoms with Crippen LogP contribution < -0.4 is 4.74 Å². The van der Waals surface area contributed by atoms with E-state index in [-0.39, 0.29) is 17.6 Å². The second kappa shape index (κ2) is 7.45. The molecule has 1 amide bonds. The summed E-state index contributed by atoms with van der Waals surface area (Å²) < 4.78 is 6.00. The smallest absolute Gasteiger partial charge is 0.324 e. The van der Waals surface area contributed by atoms with E-state index in [1.165, 1.54) is 0 Å². The maximum Gasteiger partial charge on any atom is 0.324 e. The lowest BCUT2D eigenvalue weighted by Gasteiger charge is -2.41. The number of likely N-dealkylation sites (tertiary alicyclic amines) is 1. The third-order valence-corrected chi connectivity index (χ3v) is 4.06. The Morgan fingerprint density at radius 2 is 2.04 bits per heavy atom. The molecule has 7 nitrogen and oxygen atoms in total.